The minimum Gasteiger partial charge on any atom is -0.364 e. The third-order valence-electron chi connectivity index (χ3n) is 4.07. The molecule has 0 amide bonds. The Morgan fingerprint density at radius 3 is 2.76 bits per heavy atom. The van der Waals surface area contributed by atoms with Crippen molar-refractivity contribution < 1.29 is 4.39 Å². The van der Waals surface area contributed by atoms with Gasteiger partial charge in [-0.15, -0.1) is 5.10 Å². The summed E-state index contributed by atoms with van der Waals surface area (Å²) in [5.74, 6) is 0.648. The van der Waals surface area contributed by atoms with Gasteiger partial charge in [-0.2, -0.15) is 4.98 Å². The highest BCUT2D eigenvalue weighted by atomic mass is 79.9. The molecule has 1 unspecified atom stereocenters. The number of alkyl halides is 1. The average Bonchev–Trinajstić information content (AvgIpc) is 2.82. The normalized spacial score (nSPS) is 12.5. The van der Waals surface area contributed by atoms with E-state index in [1.54, 1.807) is 23.8 Å². The van der Waals surface area contributed by atoms with E-state index >= 15 is 0 Å². The van der Waals surface area contributed by atoms with E-state index in [4.69, 9.17) is 11.6 Å². The maximum atomic E-state index is 13.3. The average molecular weight is 427 g/mol. The molecule has 132 valence electrons. The molecule has 0 aliphatic heterocycles. The van der Waals surface area contributed by atoms with Gasteiger partial charge in [0.05, 0.1) is 6.17 Å². The van der Waals surface area contributed by atoms with Crippen LogP contribution >= 0.6 is 27.5 Å². The zero-order chi connectivity index (χ0) is 18.0. The van der Waals surface area contributed by atoms with Crippen molar-refractivity contribution in [3.63, 3.8) is 0 Å². The van der Waals surface area contributed by atoms with Gasteiger partial charge in [0.25, 0.3) is 0 Å². The summed E-state index contributed by atoms with van der Waals surface area (Å²) in [6, 6.07) is 3.87. The van der Waals surface area contributed by atoms with Gasteiger partial charge in [-0.3, -0.25) is 4.98 Å². The first-order chi connectivity index (χ1) is 12.0. The number of nitrogens with zero attached hydrogens (tertiary/aromatic N) is 4. The minimum absolute atomic E-state index is 0.144. The Morgan fingerprint density at radius 1 is 1.36 bits per heavy atom. The molecule has 0 saturated carbocycles. The molecule has 3 rings (SSSR count). The van der Waals surface area contributed by atoms with Crippen LogP contribution in [0.5, 0.6) is 0 Å². The number of fused-ring (bicyclic) bond motifs is 1. The topological polar surface area (TPSA) is 55.1 Å². The minimum atomic E-state index is -0.853. The summed E-state index contributed by atoms with van der Waals surface area (Å²) in [6.45, 7) is 4.15. The van der Waals surface area contributed by atoms with E-state index in [9.17, 15) is 4.39 Å². The van der Waals surface area contributed by atoms with E-state index in [-0.39, 0.29) is 5.28 Å². The summed E-state index contributed by atoms with van der Waals surface area (Å²) in [7, 11) is 0. The van der Waals surface area contributed by atoms with Gasteiger partial charge >= 0.3 is 0 Å². The van der Waals surface area contributed by atoms with E-state index in [0.717, 1.165) is 26.8 Å². The number of pyridine rings is 1. The molecule has 25 heavy (non-hydrogen) atoms. The molecule has 5 nitrogen and oxygen atoms in total. The van der Waals surface area contributed by atoms with Crippen molar-refractivity contribution in [1.29, 1.82) is 0 Å². The van der Waals surface area contributed by atoms with Crippen LogP contribution in [-0.4, -0.2) is 25.8 Å². The number of rotatable bonds is 6. The first-order valence-electron chi connectivity index (χ1n) is 7.97. The lowest BCUT2D eigenvalue weighted by atomic mass is 10.1. The Balaban J connectivity index is 1.99. The number of aromatic nitrogens is 4. The van der Waals surface area contributed by atoms with Gasteiger partial charge in [0.15, 0.2) is 5.82 Å². The molecule has 0 spiro atoms. The van der Waals surface area contributed by atoms with Crippen LogP contribution in [0, 0.1) is 6.92 Å². The van der Waals surface area contributed by atoms with Gasteiger partial charge in [0.2, 0.25) is 5.28 Å². The van der Waals surface area contributed by atoms with E-state index in [1.165, 1.54) is 0 Å². The summed E-state index contributed by atoms with van der Waals surface area (Å²) in [5, 5.41) is 7.74. The first-order valence-corrected chi connectivity index (χ1v) is 9.14. The maximum Gasteiger partial charge on any atom is 0.243 e. The molecule has 3 aromatic rings. The maximum absolute atomic E-state index is 13.3. The molecule has 1 N–H and O–H groups in total. The molecule has 3 heterocycles. The van der Waals surface area contributed by atoms with Crippen LogP contribution < -0.4 is 5.32 Å². The molecule has 0 aromatic carbocycles. The highest BCUT2D eigenvalue weighted by Crippen LogP contribution is 2.32. The predicted molar refractivity (Wildman–Crippen MR) is 101 cm³/mol. The number of nitrogens with one attached hydrogen (secondary N) is 1. The van der Waals surface area contributed by atoms with Crippen LogP contribution in [0.3, 0.4) is 0 Å². The second-order valence-electron chi connectivity index (χ2n) is 5.91. The Bertz CT molecular complexity index is 882. The summed E-state index contributed by atoms with van der Waals surface area (Å²) in [6.07, 6.45) is 3.71. The number of aryl methyl sites for hydroxylation is 1. The van der Waals surface area contributed by atoms with E-state index < -0.39 is 6.17 Å². The third-order valence-corrected chi connectivity index (χ3v) is 5.04. The zero-order valence-electron chi connectivity index (χ0n) is 13.9. The van der Waals surface area contributed by atoms with Gasteiger partial charge < -0.3 is 5.32 Å². The quantitative estimate of drug-likeness (QED) is 0.618. The summed E-state index contributed by atoms with van der Waals surface area (Å²) in [4.78, 5) is 8.35. The van der Waals surface area contributed by atoms with Crippen molar-refractivity contribution in [2.24, 2.45) is 0 Å². The van der Waals surface area contributed by atoms with Crippen molar-refractivity contribution >= 4 is 38.9 Å². The molecule has 0 fully saturated rings. The number of anilines is 1. The fourth-order valence-corrected chi connectivity index (χ4v) is 3.66. The Kier molecular flexibility index (Phi) is 5.54. The summed E-state index contributed by atoms with van der Waals surface area (Å²) < 4.78 is 15.8. The van der Waals surface area contributed by atoms with Crippen molar-refractivity contribution in [2.75, 3.05) is 5.32 Å². The lowest BCUT2D eigenvalue weighted by molar-refractivity contribution is 0.341. The molecule has 0 radical (unpaired) electrons. The second kappa shape index (κ2) is 7.66. The SMILES string of the molecule is Cc1c(CCC(C)F)c(Br)n2nc(Cl)nc(NCc3ccncc3)c12. The number of hydrogen-bond donors (Lipinski definition) is 1. The zero-order valence-corrected chi connectivity index (χ0v) is 16.3. The predicted octanol–water partition coefficient (Wildman–Crippen LogP) is 4.75. The molecular formula is C17H18BrClFN5. The monoisotopic (exact) mass is 425 g/mol. The van der Waals surface area contributed by atoms with Crippen molar-refractivity contribution in [3.05, 3.63) is 51.1 Å². The van der Waals surface area contributed by atoms with E-state index in [2.05, 4.69) is 36.3 Å². The molecule has 0 aliphatic rings. The van der Waals surface area contributed by atoms with Gasteiger partial charge in [0, 0.05) is 18.9 Å². The molecule has 1 atom stereocenters. The smallest absolute Gasteiger partial charge is 0.243 e. The van der Waals surface area contributed by atoms with Gasteiger partial charge in [0.1, 0.15) is 10.1 Å². The highest BCUT2D eigenvalue weighted by molar-refractivity contribution is 9.10. The van der Waals surface area contributed by atoms with Crippen LogP contribution in [0.15, 0.2) is 29.1 Å². The van der Waals surface area contributed by atoms with Crippen LogP contribution in [0.25, 0.3) is 5.52 Å². The van der Waals surface area contributed by atoms with Crippen molar-refractivity contribution in [3.8, 4) is 0 Å². The largest absolute Gasteiger partial charge is 0.364 e. The number of hydrogen-bond acceptors (Lipinski definition) is 4. The van der Waals surface area contributed by atoms with Crippen molar-refractivity contribution in [1.82, 2.24) is 19.6 Å². The van der Waals surface area contributed by atoms with E-state index in [1.807, 2.05) is 19.1 Å². The molecule has 0 aliphatic carbocycles. The Labute approximate surface area is 158 Å². The van der Waals surface area contributed by atoms with Crippen LogP contribution in [0.4, 0.5) is 10.2 Å². The second-order valence-corrected chi connectivity index (χ2v) is 7.00. The molecule has 0 bridgehead atoms. The van der Waals surface area contributed by atoms with Crippen molar-refractivity contribution in [2.45, 2.75) is 39.4 Å². The fourth-order valence-electron chi connectivity index (χ4n) is 2.75. The third kappa shape index (κ3) is 3.93. The van der Waals surface area contributed by atoms with Gasteiger partial charge in [-0.05, 0) is 83.0 Å². The number of halogens is 3. The Morgan fingerprint density at radius 2 is 2.08 bits per heavy atom. The molecular weight excluding hydrogens is 409 g/mol. The van der Waals surface area contributed by atoms with Crippen LogP contribution in [-0.2, 0) is 13.0 Å². The lowest BCUT2D eigenvalue weighted by Gasteiger charge is -2.09. The Hall–Kier alpha value is -1.73. The molecule has 3 aromatic heterocycles. The van der Waals surface area contributed by atoms with Crippen LogP contribution in [0.2, 0.25) is 5.28 Å². The standard InChI is InChI=1S/C17H18BrClFN5/c1-10(20)3-4-13-11(2)14-16(22-9-12-5-7-21-8-6-12)23-17(19)24-25(14)15(13)18/h5-8,10H,3-4,9H2,1-2H3,(H,22,23,24). The van der Waals surface area contributed by atoms with Gasteiger partial charge in [-0.1, -0.05) is 0 Å². The summed E-state index contributed by atoms with van der Waals surface area (Å²) in [5.41, 5.74) is 3.96. The summed E-state index contributed by atoms with van der Waals surface area (Å²) >= 11 is 9.67. The van der Waals surface area contributed by atoms with Gasteiger partial charge in [-0.25, -0.2) is 8.91 Å². The highest BCUT2D eigenvalue weighted by Gasteiger charge is 2.19. The van der Waals surface area contributed by atoms with E-state index in [0.29, 0.717) is 25.2 Å². The van der Waals surface area contributed by atoms with Crippen LogP contribution in [0.1, 0.15) is 30.0 Å². The lowest BCUT2D eigenvalue weighted by Crippen LogP contribution is -2.06. The molecule has 8 heteroatoms. The molecule has 0 saturated heterocycles. The fraction of sp³-hybridized carbons (Fsp3) is 0.353. The first kappa shape index (κ1) is 18.1.